The van der Waals surface area contributed by atoms with Crippen molar-refractivity contribution in [2.24, 2.45) is 5.92 Å². The highest BCUT2D eigenvalue weighted by Gasteiger charge is 2.53. The van der Waals surface area contributed by atoms with Gasteiger partial charge in [-0.2, -0.15) is 0 Å². The number of carbonyl (C=O) groups excluding carboxylic acids is 2. The van der Waals surface area contributed by atoms with Crippen LogP contribution in [-0.4, -0.2) is 54.6 Å². The molecule has 0 spiro atoms. The van der Waals surface area contributed by atoms with Crippen molar-refractivity contribution in [1.82, 2.24) is 5.32 Å². The number of methoxy groups -OCH3 is 2. The molecule has 41 heavy (non-hydrogen) atoms. The molecule has 0 aliphatic heterocycles. The third kappa shape index (κ3) is 8.26. The van der Waals surface area contributed by atoms with Gasteiger partial charge < -0.3 is 29.4 Å². The molecule has 0 heterocycles. The van der Waals surface area contributed by atoms with Gasteiger partial charge in [0.2, 0.25) is 0 Å². The maximum absolute atomic E-state index is 13.9. The first-order valence-electron chi connectivity index (χ1n) is 14.0. The van der Waals surface area contributed by atoms with Gasteiger partial charge in [-0.25, -0.2) is 4.79 Å². The van der Waals surface area contributed by atoms with E-state index in [9.17, 15) is 14.7 Å². The van der Waals surface area contributed by atoms with Gasteiger partial charge >= 0.3 is 11.9 Å². The highest BCUT2D eigenvalue weighted by atomic mass is 16.6. The van der Waals surface area contributed by atoms with Crippen molar-refractivity contribution in [3.05, 3.63) is 70.9 Å². The van der Waals surface area contributed by atoms with E-state index in [1.807, 2.05) is 48.5 Å². The van der Waals surface area contributed by atoms with Gasteiger partial charge in [0, 0.05) is 24.6 Å². The SMILES string of the molecule is COc1ccc(CCNC2=C(C(=O)OC(C)(C)C)[C@H](c3ccccc3)[C@@H](C(=O)OC(C)(C)C)[C@@](C)(O)C2)cc1OC. The van der Waals surface area contributed by atoms with Crippen molar-refractivity contribution in [2.45, 2.75) is 84.0 Å². The number of esters is 2. The molecule has 2 N–H and O–H groups in total. The van der Waals surface area contributed by atoms with Crippen LogP contribution in [0.4, 0.5) is 0 Å². The Labute approximate surface area is 244 Å². The summed E-state index contributed by atoms with van der Waals surface area (Å²) in [5.41, 5.74) is -0.481. The van der Waals surface area contributed by atoms with E-state index in [0.717, 1.165) is 5.56 Å². The Morgan fingerprint density at radius 1 is 0.927 bits per heavy atom. The summed E-state index contributed by atoms with van der Waals surface area (Å²) >= 11 is 0. The molecule has 3 atom stereocenters. The lowest BCUT2D eigenvalue weighted by Crippen LogP contribution is -2.52. The van der Waals surface area contributed by atoms with Crippen LogP contribution in [0.1, 0.15) is 71.9 Å². The third-order valence-corrected chi connectivity index (χ3v) is 6.81. The van der Waals surface area contributed by atoms with Gasteiger partial charge in [-0.15, -0.1) is 0 Å². The maximum atomic E-state index is 13.9. The molecule has 0 amide bonds. The van der Waals surface area contributed by atoms with Crippen molar-refractivity contribution < 1.29 is 33.6 Å². The zero-order valence-electron chi connectivity index (χ0n) is 25.8. The fraction of sp³-hybridized carbons (Fsp3) is 0.515. The third-order valence-electron chi connectivity index (χ3n) is 6.81. The van der Waals surface area contributed by atoms with Crippen LogP contribution in [0, 0.1) is 5.92 Å². The van der Waals surface area contributed by atoms with Crippen molar-refractivity contribution in [1.29, 1.82) is 0 Å². The van der Waals surface area contributed by atoms with E-state index in [1.165, 1.54) is 0 Å². The van der Waals surface area contributed by atoms with E-state index in [-0.39, 0.29) is 6.42 Å². The predicted molar refractivity (Wildman–Crippen MR) is 158 cm³/mol. The average Bonchev–Trinajstić information content (AvgIpc) is 2.85. The number of carbonyl (C=O) groups is 2. The number of hydrogen-bond acceptors (Lipinski definition) is 8. The van der Waals surface area contributed by atoms with Crippen LogP contribution in [0.15, 0.2) is 59.8 Å². The topological polar surface area (TPSA) is 103 Å². The summed E-state index contributed by atoms with van der Waals surface area (Å²) in [6.07, 6.45) is 0.653. The molecule has 3 rings (SSSR count). The monoisotopic (exact) mass is 567 g/mol. The number of aliphatic hydroxyl groups is 1. The molecular formula is C33H45NO7. The molecule has 0 unspecified atom stereocenters. The largest absolute Gasteiger partial charge is 0.493 e. The van der Waals surface area contributed by atoms with Crippen LogP contribution in [0.2, 0.25) is 0 Å². The fourth-order valence-corrected chi connectivity index (χ4v) is 5.19. The van der Waals surface area contributed by atoms with Crippen LogP contribution in [0.3, 0.4) is 0 Å². The molecule has 0 aromatic heterocycles. The Balaban J connectivity index is 2.09. The molecule has 0 fully saturated rings. The first-order valence-corrected chi connectivity index (χ1v) is 14.0. The normalized spacial score (nSPS) is 21.2. The molecule has 1 aliphatic rings. The molecule has 8 nitrogen and oxygen atoms in total. The van der Waals surface area contributed by atoms with Crippen molar-refractivity contribution in [3.63, 3.8) is 0 Å². The Kier molecular flexibility index (Phi) is 9.80. The van der Waals surface area contributed by atoms with Crippen LogP contribution in [0.5, 0.6) is 11.5 Å². The summed E-state index contributed by atoms with van der Waals surface area (Å²) in [5.74, 6) is -1.67. The highest BCUT2D eigenvalue weighted by molar-refractivity contribution is 5.94. The summed E-state index contributed by atoms with van der Waals surface area (Å²) in [5, 5.41) is 15.2. The number of benzene rings is 2. The minimum atomic E-state index is -1.51. The van der Waals surface area contributed by atoms with Gasteiger partial charge in [-0.05, 0) is 78.1 Å². The lowest BCUT2D eigenvalue weighted by atomic mass is 9.65. The van der Waals surface area contributed by atoms with Gasteiger partial charge in [-0.3, -0.25) is 4.79 Å². The lowest BCUT2D eigenvalue weighted by Gasteiger charge is -2.44. The summed E-state index contributed by atoms with van der Waals surface area (Å²) in [6.45, 7) is 12.8. The van der Waals surface area contributed by atoms with Gasteiger partial charge in [0.1, 0.15) is 11.2 Å². The Morgan fingerprint density at radius 2 is 1.54 bits per heavy atom. The average molecular weight is 568 g/mol. The van der Waals surface area contributed by atoms with Crippen LogP contribution >= 0.6 is 0 Å². The molecule has 224 valence electrons. The van der Waals surface area contributed by atoms with Gasteiger partial charge in [0.05, 0.1) is 31.3 Å². The van der Waals surface area contributed by atoms with E-state index in [4.69, 9.17) is 18.9 Å². The summed E-state index contributed by atoms with van der Waals surface area (Å²) < 4.78 is 22.4. The van der Waals surface area contributed by atoms with Crippen LogP contribution in [-0.2, 0) is 25.5 Å². The lowest BCUT2D eigenvalue weighted by molar-refractivity contribution is -0.171. The molecule has 2 aromatic carbocycles. The molecule has 0 saturated heterocycles. The molecule has 8 heteroatoms. The Morgan fingerprint density at radius 3 is 2.10 bits per heavy atom. The maximum Gasteiger partial charge on any atom is 0.336 e. The standard InChI is InChI=1S/C33H45NO7/c1-31(2,3)40-29(35)27-23(34-18-17-21-15-16-24(38-8)25(19-21)39-9)20-33(7,37)28(30(36)41-32(4,5)6)26(27)22-13-11-10-12-14-22/h10-16,19,26,28,34,37H,17-18,20H2,1-9H3/t26-,28-,33-/m0/s1. The highest BCUT2D eigenvalue weighted by Crippen LogP contribution is 2.48. The summed E-state index contributed by atoms with van der Waals surface area (Å²) in [7, 11) is 3.18. The molecule has 0 radical (unpaired) electrons. The smallest absolute Gasteiger partial charge is 0.336 e. The second kappa shape index (κ2) is 12.6. The van der Waals surface area contributed by atoms with E-state index < -0.39 is 40.6 Å². The Hall–Kier alpha value is -3.52. The molecular weight excluding hydrogens is 522 g/mol. The minimum absolute atomic E-state index is 0.0424. The number of nitrogens with one attached hydrogen (secondary N) is 1. The van der Waals surface area contributed by atoms with Gasteiger partial charge in [0.15, 0.2) is 11.5 Å². The van der Waals surface area contributed by atoms with Crippen molar-refractivity contribution in [3.8, 4) is 11.5 Å². The van der Waals surface area contributed by atoms with Gasteiger partial charge in [0.25, 0.3) is 0 Å². The van der Waals surface area contributed by atoms with Crippen LogP contribution in [0.25, 0.3) is 0 Å². The molecule has 2 aromatic rings. The van der Waals surface area contributed by atoms with E-state index in [1.54, 1.807) is 62.7 Å². The second-order valence-electron chi connectivity index (χ2n) is 12.7. The fourth-order valence-electron chi connectivity index (χ4n) is 5.19. The molecule has 0 bridgehead atoms. The number of rotatable bonds is 9. The zero-order chi connectivity index (χ0) is 30.6. The van der Waals surface area contributed by atoms with Crippen molar-refractivity contribution in [2.75, 3.05) is 20.8 Å². The van der Waals surface area contributed by atoms with Crippen molar-refractivity contribution >= 4 is 11.9 Å². The first kappa shape index (κ1) is 32.0. The van der Waals surface area contributed by atoms with Crippen LogP contribution < -0.4 is 14.8 Å². The molecule has 1 aliphatic carbocycles. The van der Waals surface area contributed by atoms with E-state index in [0.29, 0.717) is 41.3 Å². The Bertz CT molecular complexity index is 1250. The predicted octanol–water partition coefficient (Wildman–Crippen LogP) is 5.33. The zero-order valence-corrected chi connectivity index (χ0v) is 25.8. The second-order valence-corrected chi connectivity index (χ2v) is 12.7. The number of hydrogen-bond donors (Lipinski definition) is 2. The number of ether oxygens (including phenoxy) is 4. The summed E-state index contributed by atoms with van der Waals surface area (Å²) in [4.78, 5) is 27.6. The molecule has 0 saturated carbocycles. The quantitative estimate of drug-likeness (QED) is 0.392. The summed E-state index contributed by atoms with van der Waals surface area (Å²) in [6, 6.07) is 15.0. The minimum Gasteiger partial charge on any atom is -0.493 e. The van der Waals surface area contributed by atoms with Gasteiger partial charge in [-0.1, -0.05) is 36.4 Å². The van der Waals surface area contributed by atoms with E-state index in [2.05, 4.69) is 5.32 Å². The van der Waals surface area contributed by atoms with E-state index >= 15 is 0 Å². The first-order chi connectivity index (χ1) is 19.1.